The predicted octanol–water partition coefficient (Wildman–Crippen LogP) is 2.65. The topological polar surface area (TPSA) is 68.2 Å². The van der Waals surface area contributed by atoms with E-state index in [4.69, 9.17) is 11.5 Å². The molecule has 1 aliphatic rings. The second kappa shape index (κ2) is 5.04. The van der Waals surface area contributed by atoms with E-state index in [-0.39, 0.29) is 0 Å². The molecule has 1 saturated heterocycles. The van der Waals surface area contributed by atoms with Crippen molar-refractivity contribution >= 4 is 17.3 Å². The Morgan fingerprint density at radius 3 is 2.28 bits per heavy atom. The summed E-state index contributed by atoms with van der Waals surface area (Å²) >= 11 is 0. The highest BCUT2D eigenvalue weighted by Crippen LogP contribution is 2.38. The van der Waals surface area contributed by atoms with E-state index < -0.39 is 0 Å². The van der Waals surface area contributed by atoms with E-state index in [1.54, 1.807) is 0 Å². The van der Waals surface area contributed by atoms with Gasteiger partial charge in [0.2, 0.25) is 0 Å². The lowest BCUT2D eigenvalue weighted by Crippen LogP contribution is -2.40. The number of hydrogen-bond donors (Lipinski definition) is 2. The zero-order chi connectivity index (χ0) is 13.2. The van der Waals surface area contributed by atoms with E-state index in [2.05, 4.69) is 23.7 Å². The molecule has 0 radical (unpaired) electrons. The van der Waals surface area contributed by atoms with Gasteiger partial charge >= 0.3 is 0 Å². The van der Waals surface area contributed by atoms with Crippen LogP contribution in [0.15, 0.2) is 12.1 Å². The fraction of sp³-hybridized carbons (Fsp3) is 0.643. The third-order valence-corrected chi connectivity index (χ3v) is 4.59. The molecule has 0 aliphatic carbocycles. The molecular weight excluding hydrogens is 224 g/mol. The fourth-order valence-electron chi connectivity index (χ4n) is 2.82. The lowest BCUT2D eigenvalue weighted by atomic mass is 9.74. The molecule has 0 aromatic carbocycles. The van der Waals surface area contributed by atoms with Gasteiger partial charge in [0.15, 0.2) is 0 Å². The Kier molecular flexibility index (Phi) is 3.64. The van der Waals surface area contributed by atoms with Crippen LogP contribution in [0.3, 0.4) is 0 Å². The van der Waals surface area contributed by atoms with Gasteiger partial charge in [-0.1, -0.05) is 26.7 Å². The van der Waals surface area contributed by atoms with Crippen LogP contribution in [-0.4, -0.2) is 18.1 Å². The van der Waals surface area contributed by atoms with Crippen molar-refractivity contribution in [3.05, 3.63) is 12.1 Å². The molecule has 0 atom stereocenters. The van der Waals surface area contributed by atoms with Crippen molar-refractivity contribution < 1.29 is 0 Å². The Morgan fingerprint density at radius 1 is 1.17 bits per heavy atom. The zero-order valence-electron chi connectivity index (χ0n) is 11.4. The number of piperidine rings is 1. The standard InChI is InChI=1S/C14H24N4/c1-3-14(4-2)7-9-18(10-8-14)12-6-5-11(15)13(16)17-12/h5-6H,3-4,7-10,15H2,1-2H3,(H2,16,17). The molecule has 0 saturated carbocycles. The molecule has 4 nitrogen and oxygen atoms in total. The van der Waals surface area contributed by atoms with Crippen molar-refractivity contribution in [1.82, 2.24) is 4.98 Å². The summed E-state index contributed by atoms with van der Waals surface area (Å²) in [5, 5.41) is 0. The second-order valence-corrected chi connectivity index (χ2v) is 5.34. The van der Waals surface area contributed by atoms with E-state index in [1.165, 1.54) is 25.7 Å². The smallest absolute Gasteiger partial charge is 0.149 e. The largest absolute Gasteiger partial charge is 0.396 e. The molecule has 0 unspecified atom stereocenters. The van der Waals surface area contributed by atoms with Crippen molar-refractivity contribution in [2.24, 2.45) is 5.41 Å². The van der Waals surface area contributed by atoms with Crippen LogP contribution in [0.25, 0.3) is 0 Å². The van der Waals surface area contributed by atoms with Crippen molar-refractivity contribution in [2.75, 3.05) is 29.5 Å². The molecule has 1 aromatic rings. The first-order chi connectivity index (χ1) is 8.60. The lowest BCUT2D eigenvalue weighted by Gasteiger charge is -2.41. The number of nitrogens with two attached hydrogens (primary N) is 2. The van der Waals surface area contributed by atoms with Crippen LogP contribution in [0, 0.1) is 5.41 Å². The molecule has 1 aromatic heterocycles. The van der Waals surface area contributed by atoms with Gasteiger partial charge in [0, 0.05) is 13.1 Å². The normalized spacial score (nSPS) is 18.9. The van der Waals surface area contributed by atoms with Crippen LogP contribution >= 0.6 is 0 Å². The van der Waals surface area contributed by atoms with Crippen molar-refractivity contribution in [3.63, 3.8) is 0 Å². The number of nitrogens with zero attached hydrogens (tertiary/aromatic N) is 2. The van der Waals surface area contributed by atoms with Crippen LogP contribution in [0.4, 0.5) is 17.3 Å². The molecule has 100 valence electrons. The molecule has 1 aliphatic heterocycles. The van der Waals surface area contributed by atoms with Crippen LogP contribution < -0.4 is 16.4 Å². The van der Waals surface area contributed by atoms with Gasteiger partial charge in [-0.2, -0.15) is 0 Å². The Morgan fingerprint density at radius 2 is 1.78 bits per heavy atom. The van der Waals surface area contributed by atoms with Crippen LogP contribution in [-0.2, 0) is 0 Å². The summed E-state index contributed by atoms with van der Waals surface area (Å²) in [6.45, 7) is 6.74. The van der Waals surface area contributed by atoms with Gasteiger partial charge in [0.05, 0.1) is 5.69 Å². The summed E-state index contributed by atoms with van der Waals surface area (Å²) in [6, 6.07) is 3.82. The van der Waals surface area contributed by atoms with Gasteiger partial charge in [-0.15, -0.1) is 0 Å². The fourth-order valence-corrected chi connectivity index (χ4v) is 2.82. The van der Waals surface area contributed by atoms with E-state index in [0.29, 0.717) is 16.9 Å². The number of rotatable bonds is 3. The van der Waals surface area contributed by atoms with Crippen LogP contribution in [0.2, 0.25) is 0 Å². The summed E-state index contributed by atoms with van der Waals surface area (Å²) in [6.07, 6.45) is 5.03. The maximum absolute atomic E-state index is 5.77. The first-order valence-corrected chi connectivity index (χ1v) is 6.87. The molecule has 4 N–H and O–H groups in total. The molecule has 4 heteroatoms. The number of aromatic nitrogens is 1. The minimum absolute atomic E-state index is 0.440. The summed E-state index contributed by atoms with van der Waals surface area (Å²) in [4.78, 5) is 6.69. The van der Waals surface area contributed by atoms with Crippen molar-refractivity contribution in [2.45, 2.75) is 39.5 Å². The first kappa shape index (κ1) is 13.0. The lowest BCUT2D eigenvalue weighted by molar-refractivity contribution is 0.199. The molecule has 0 spiro atoms. The van der Waals surface area contributed by atoms with Gasteiger partial charge in [-0.25, -0.2) is 4.98 Å². The maximum Gasteiger partial charge on any atom is 0.149 e. The average molecular weight is 248 g/mol. The molecular formula is C14H24N4. The number of anilines is 3. The van der Waals surface area contributed by atoms with Crippen LogP contribution in [0.5, 0.6) is 0 Å². The van der Waals surface area contributed by atoms with E-state index in [0.717, 1.165) is 18.9 Å². The van der Waals surface area contributed by atoms with Gasteiger partial charge in [0.25, 0.3) is 0 Å². The molecule has 0 amide bonds. The Bertz CT molecular complexity index is 402. The van der Waals surface area contributed by atoms with Crippen molar-refractivity contribution in [3.8, 4) is 0 Å². The molecule has 0 bridgehead atoms. The van der Waals surface area contributed by atoms with Crippen molar-refractivity contribution in [1.29, 1.82) is 0 Å². The zero-order valence-corrected chi connectivity index (χ0v) is 11.4. The highest BCUT2D eigenvalue weighted by Gasteiger charge is 2.31. The maximum atomic E-state index is 5.77. The summed E-state index contributed by atoms with van der Waals surface area (Å²) in [5.74, 6) is 1.40. The molecule has 2 heterocycles. The third-order valence-electron chi connectivity index (χ3n) is 4.59. The number of hydrogen-bond acceptors (Lipinski definition) is 4. The van der Waals surface area contributed by atoms with Crippen LogP contribution in [0.1, 0.15) is 39.5 Å². The summed E-state index contributed by atoms with van der Waals surface area (Å²) < 4.78 is 0. The van der Waals surface area contributed by atoms with Gasteiger partial charge in [-0.3, -0.25) is 0 Å². The average Bonchev–Trinajstić information content (AvgIpc) is 2.42. The second-order valence-electron chi connectivity index (χ2n) is 5.34. The quantitative estimate of drug-likeness (QED) is 0.863. The predicted molar refractivity (Wildman–Crippen MR) is 77.5 cm³/mol. The Hall–Kier alpha value is -1.45. The van der Waals surface area contributed by atoms with E-state index in [9.17, 15) is 0 Å². The number of nitrogen functional groups attached to an aromatic ring is 2. The first-order valence-electron chi connectivity index (χ1n) is 6.87. The van der Waals surface area contributed by atoms with Gasteiger partial charge in [-0.05, 0) is 30.4 Å². The van der Waals surface area contributed by atoms with Gasteiger partial charge < -0.3 is 16.4 Å². The monoisotopic (exact) mass is 248 g/mol. The molecule has 2 rings (SSSR count). The van der Waals surface area contributed by atoms with Gasteiger partial charge in [0.1, 0.15) is 11.6 Å². The highest BCUT2D eigenvalue weighted by molar-refractivity contribution is 5.62. The Labute approximate surface area is 109 Å². The minimum atomic E-state index is 0.440. The highest BCUT2D eigenvalue weighted by atomic mass is 15.2. The summed E-state index contributed by atoms with van der Waals surface area (Å²) in [5.41, 5.74) is 12.6. The Balaban J connectivity index is 2.07. The third kappa shape index (κ3) is 2.37. The van der Waals surface area contributed by atoms with E-state index in [1.807, 2.05) is 12.1 Å². The molecule has 1 fully saturated rings. The SMILES string of the molecule is CCC1(CC)CCN(c2ccc(N)c(N)n2)CC1. The van der Waals surface area contributed by atoms with E-state index >= 15 is 0 Å². The minimum Gasteiger partial charge on any atom is -0.396 e. The molecule has 18 heavy (non-hydrogen) atoms. The summed E-state index contributed by atoms with van der Waals surface area (Å²) in [7, 11) is 0. The number of pyridine rings is 1.